The summed E-state index contributed by atoms with van der Waals surface area (Å²) >= 11 is 2.71. The Morgan fingerprint density at radius 1 is 1.28 bits per heavy atom. The van der Waals surface area contributed by atoms with Gasteiger partial charge in [0.2, 0.25) is 5.91 Å². The van der Waals surface area contributed by atoms with E-state index in [1.54, 1.807) is 4.57 Å². The molecule has 0 aliphatic heterocycles. The highest BCUT2D eigenvalue weighted by Crippen LogP contribution is 2.21. The van der Waals surface area contributed by atoms with E-state index in [1.165, 1.54) is 23.1 Å². The van der Waals surface area contributed by atoms with Crippen molar-refractivity contribution < 1.29 is 4.79 Å². The highest BCUT2D eigenvalue weighted by atomic mass is 32.2. The molecule has 3 aromatic rings. The molecule has 0 fully saturated rings. The lowest BCUT2D eigenvalue weighted by molar-refractivity contribution is -0.113. The van der Waals surface area contributed by atoms with E-state index in [0.29, 0.717) is 21.9 Å². The molecule has 2 aromatic heterocycles. The molecule has 130 valence electrons. The Morgan fingerprint density at radius 2 is 2.08 bits per heavy atom. The van der Waals surface area contributed by atoms with E-state index < -0.39 is 0 Å². The normalized spacial score (nSPS) is 10.9. The number of carbonyl (C=O) groups is 1. The van der Waals surface area contributed by atoms with Crippen molar-refractivity contribution in [3.63, 3.8) is 0 Å². The number of carbonyl (C=O) groups excluding carboxylic acids is 1. The van der Waals surface area contributed by atoms with Gasteiger partial charge in [-0.1, -0.05) is 43.3 Å². The second-order valence-electron chi connectivity index (χ2n) is 5.54. The van der Waals surface area contributed by atoms with Crippen molar-refractivity contribution in [3.05, 3.63) is 52.1 Å². The van der Waals surface area contributed by atoms with Gasteiger partial charge in [0.1, 0.15) is 4.70 Å². The van der Waals surface area contributed by atoms with Gasteiger partial charge in [-0.25, -0.2) is 4.98 Å². The summed E-state index contributed by atoms with van der Waals surface area (Å²) in [6, 6.07) is 11.2. The Morgan fingerprint density at radius 3 is 2.84 bits per heavy atom. The van der Waals surface area contributed by atoms with Crippen LogP contribution in [0.4, 0.5) is 5.69 Å². The predicted molar refractivity (Wildman–Crippen MR) is 105 cm³/mol. The second-order valence-corrected chi connectivity index (χ2v) is 7.40. The minimum atomic E-state index is -0.113. The third kappa shape index (κ3) is 4.29. The number of thioether (sulfide) groups is 1. The second kappa shape index (κ2) is 8.31. The summed E-state index contributed by atoms with van der Waals surface area (Å²) < 4.78 is 2.37. The zero-order chi connectivity index (χ0) is 17.6. The molecule has 0 spiro atoms. The van der Waals surface area contributed by atoms with E-state index in [4.69, 9.17) is 0 Å². The first-order valence-electron chi connectivity index (χ1n) is 8.14. The lowest BCUT2D eigenvalue weighted by Crippen LogP contribution is -2.23. The van der Waals surface area contributed by atoms with Crippen LogP contribution in [0.1, 0.15) is 19.8 Å². The number of aromatic nitrogens is 2. The third-order valence-corrected chi connectivity index (χ3v) is 5.52. The van der Waals surface area contributed by atoms with Crippen LogP contribution in [0.15, 0.2) is 51.7 Å². The molecule has 0 saturated heterocycles. The fourth-order valence-corrected chi connectivity index (χ4v) is 4.00. The van der Waals surface area contributed by atoms with Crippen molar-refractivity contribution in [2.75, 3.05) is 11.1 Å². The number of para-hydroxylation sites is 1. The average molecular weight is 374 g/mol. The Bertz CT molecular complexity index is 919. The van der Waals surface area contributed by atoms with E-state index in [2.05, 4.69) is 17.2 Å². The zero-order valence-electron chi connectivity index (χ0n) is 13.9. The third-order valence-electron chi connectivity index (χ3n) is 3.66. The molecule has 0 aliphatic rings. The summed E-state index contributed by atoms with van der Waals surface area (Å²) in [7, 11) is 0. The minimum Gasteiger partial charge on any atom is -0.325 e. The number of amides is 1. The fourth-order valence-electron chi connectivity index (χ4n) is 2.40. The van der Waals surface area contributed by atoms with Crippen molar-refractivity contribution in [1.82, 2.24) is 9.55 Å². The number of unbranched alkanes of at least 4 members (excludes halogenated alkanes) is 1. The molecule has 7 heteroatoms. The maximum absolute atomic E-state index is 12.7. The van der Waals surface area contributed by atoms with Gasteiger partial charge in [0.15, 0.2) is 5.16 Å². The molecule has 1 N–H and O–H groups in total. The van der Waals surface area contributed by atoms with Crippen LogP contribution in [0, 0.1) is 0 Å². The quantitative estimate of drug-likeness (QED) is 0.502. The number of benzene rings is 1. The molecular formula is C18H19N3O2S2. The van der Waals surface area contributed by atoms with Crippen molar-refractivity contribution >= 4 is 44.9 Å². The summed E-state index contributed by atoms with van der Waals surface area (Å²) in [5.41, 5.74) is 1.45. The largest absolute Gasteiger partial charge is 0.325 e. The number of hydrogen-bond acceptors (Lipinski definition) is 5. The van der Waals surface area contributed by atoms with E-state index in [0.717, 1.165) is 18.5 Å². The van der Waals surface area contributed by atoms with E-state index >= 15 is 0 Å². The van der Waals surface area contributed by atoms with Crippen LogP contribution >= 0.6 is 23.1 Å². The Balaban J connectivity index is 1.77. The van der Waals surface area contributed by atoms with E-state index in [-0.39, 0.29) is 17.2 Å². The van der Waals surface area contributed by atoms with Crippen molar-refractivity contribution in [3.8, 4) is 0 Å². The molecule has 0 aliphatic carbocycles. The standard InChI is InChI=1S/C18H19N3O2S2/c1-2-3-10-21-17(23)16-14(9-11-24-16)20-18(21)25-12-15(22)19-13-7-5-4-6-8-13/h4-9,11H,2-3,10,12H2,1H3,(H,19,22). The predicted octanol–water partition coefficient (Wildman–Crippen LogP) is 3.99. The summed E-state index contributed by atoms with van der Waals surface area (Å²) in [4.78, 5) is 29.4. The van der Waals surface area contributed by atoms with Gasteiger partial charge in [0.05, 0.1) is 11.3 Å². The first kappa shape index (κ1) is 17.7. The lowest BCUT2D eigenvalue weighted by atomic mass is 10.3. The highest BCUT2D eigenvalue weighted by molar-refractivity contribution is 7.99. The van der Waals surface area contributed by atoms with Crippen LogP contribution in [-0.4, -0.2) is 21.2 Å². The Kier molecular flexibility index (Phi) is 5.88. The van der Waals surface area contributed by atoms with Crippen molar-refractivity contribution in [2.24, 2.45) is 0 Å². The van der Waals surface area contributed by atoms with Gasteiger partial charge in [-0.3, -0.25) is 14.2 Å². The van der Waals surface area contributed by atoms with E-state index in [9.17, 15) is 9.59 Å². The van der Waals surface area contributed by atoms with Crippen LogP contribution in [0.5, 0.6) is 0 Å². The molecule has 25 heavy (non-hydrogen) atoms. The van der Waals surface area contributed by atoms with Crippen molar-refractivity contribution in [2.45, 2.75) is 31.5 Å². The first-order valence-corrected chi connectivity index (χ1v) is 10.0. The Labute approximate surface area is 154 Å². The molecule has 0 atom stereocenters. The van der Waals surface area contributed by atoms with Crippen molar-refractivity contribution in [1.29, 1.82) is 0 Å². The number of hydrogen-bond donors (Lipinski definition) is 1. The van der Waals surface area contributed by atoms with Gasteiger partial charge in [-0.15, -0.1) is 11.3 Å². The van der Waals surface area contributed by atoms with Crippen LogP contribution in [0.25, 0.3) is 10.2 Å². The van der Waals surface area contributed by atoms with Gasteiger partial charge in [0.25, 0.3) is 5.56 Å². The number of thiophene rings is 1. The molecule has 3 rings (SSSR count). The molecule has 1 aromatic carbocycles. The fraction of sp³-hybridized carbons (Fsp3) is 0.278. The van der Waals surface area contributed by atoms with E-state index in [1.807, 2.05) is 41.8 Å². The number of nitrogens with one attached hydrogen (secondary N) is 1. The van der Waals surface area contributed by atoms with Gasteiger partial charge >= 0.3 is 0 Å². The van der Waals surface area contributed by atoms with Gasteiger partial charge in [-0.05, 0) is 30.0 Å². The SMILES string of the molecule is CCCCn1c(SCC(=O)Nc2ccccc2)nc2ccsc2c1=O. The number of nitrogens with zero attached hydrogens (tertiary/aromatic N) is 2. The molecule has 0 bridgehead atoms. The molecule has 1 amide bonds. The number of fused-ring (bicyclic) bond motifs is 1. The maximum Gasteiger partial charge on any atom is 0.272 e. The topological polar surface area (TPSA) is 64.0 Å². The Hall–Kier alpha value is -2.12. The minimum absolute atomic E-state index is 0.0144. The smallest absolute Gasteiger partial charge is 0.272 e. The molecular weight excluding hydrogens is 354 g/mol. The zero-order valence-corrected chi connectivity index (χ0v) is 15.5. The van der Waals surface area contributed by atoms with Crippen LogP contribution < -0.4 is 10.9 Å². The summed E-state index contributed by atoms with van der Waals surface area (Å²) in [5.74, 6) is 0.0984. The molecule has 0 unspecified atom stereocenters. The lowest BCUT2D eigenvalue weighted by Gasteiger charge is -2.11. The van der Waals surface area contributed by atoms with Crippen LogP contribution in [0.3, 0.4) is 0 Å². The van der Waals surface area contributed by atoms with Crippen LogP contribution in [0.2, 0.25) is 0 Å². The summed E-state index contributed by atoms with van der Waals surface area (Å²) in [6.45, 7) is 2.71. The van der Waals surface area contributed by atoms with Gasteiger partial charge < -0.3 is 5.32 Å². The molecule has 0 radical (unpaired) electrons. The van der Waals surface area contributed by atoms with Crippen LogP contribution in [-0.2, 0) is 11.3 Å². The highest BCUT2D eigenvalue weighted by Gasteiger charge is 2.14. The first-order chi connectivity index (χ1) is 12.2. The van der Waals surface area contributed by atoms with Gasteiger partial charge in [0, 0.05) is 12.2 Å². The maximum atomic E-state index is 12.7. The summed E-state index contributed by atoms with van der Waals surface area (Å²) in [5, 5.41) is 5.33. The molecule has 0 saturated carbocycles. The monoisotopic (exact) mass is 373 g/mol. The molecule has 5 nitrogen and oxygen atoms in total. The van der Waals surface area contributed by atoms with Gasteiger partial charge in [-0.2, -0.15) is 0 Å². The average Bonchev–Trinajstić information content (AvgIpc) is 3.09. The molecule has 2 heterocycles. The number of rotatable bonds is 7. The summed E-state index contributed by atoms with van der Waals surface area (Å²) in [6.07, 6.45) is 1.90. The number of anilines is 1.